The zero-order valence-corrected chi connectivity index (χ0v) is 7.43. The number of hydrogen-bond donors (Lipinski definition) is 0. The maximum atomic E-state index is 10.7. The van der Waals surface area contributed by atoms with Gasteiger partial charge in [0.05, 0.1) is 4.86 Å². The molecule has 4 heteroatoms. The van der Waals surface area contributed by atoms with Gasteiger partial charge in [-0.1, -0.05) is 24.4 Å². The van der Waals surface area contributed by atoms with Crippen LogP contribution in [0.25, 0.3) is 0 Å². The van der Waals surface area contributed by atoms with E-state index in [2.05, 4.69) is 0 Å². The zero-order chi connectivity index (χ0) is 7.56. The highest BCUT2D eigenvalue weighted by molar-refractivity contribution is 8.18. The van der Waals surface area contributed by atoms with Crippen LogP contribution in [0.1, 0.15) is 6.42 Å². The summed E-state index contributed by atoms with van der Waals surface area (Å²) in [5, 5.41) is 0. The minimum Gasteiger partial charge on any atom is -0.594 e. The van der Waals surface area contributed by atoms with E-state index in [1.165, 1.54) is 0 Å². The van der Waals surface area contributed by atoms with Gasteiger partial charge in [-0.05, 0) is 6.08 Å². The summed E-state index contributed by atoms with van der Waals surface area (Å²) in [7, 11) is 3.89. The molecule has 0 N–H and O–H groups in total. The topological polar surface area (TPSA) is 23.1 Å². The quantitative estimate of drug-likeness (QED) is 0.469. The van der Waals surface area contributed by atoms with Crippen LogP contribution < -0.4 is 0 Å². The first-order chi connectivity index (χ1) is 4.72. The maximum absolute atomic E-state index is 10.7. The Balaban J connectivity index is 2.80. The zero-order valence-electron chi connectivity index (χ0n) is 5.04. The molecule has 0 aromatic carbocycles. The van der Waals surface area contributed by atoms with Crippen molar-refractivity contribution in [1.82, 2.24) is 0 Å². The summed E-state index contributed by atoms with van der Waals surface area (Å²) in [5.41, 5.74) is 0. The van der Waals surface area contributed by atoms with Crippen molar-refractivity contribution in [2.45, 2.75) is 6.42 Å². The summed E-state index contributed by atoms with van der Waals surface area (Å²) in [6.07, 6.45) is 6.09. The monoisotopic (exact) mass is 192 g/mol. The molecule has 0 radical (unpaired) electrons. The summed E-state index contributed by atoms with van der Waals surface area (Å²) in [5.74, 6) is 0. The largest absolute Gasteiger partial charge is 0.594 e. The fraction of sp³-hybridized carbons (Fsp3) is 0.167. The fourth-order valence-corrected chi connectivity index (χ4v) is 2.08. The van der Waals surface area contributed by atoms with Crippen LogP contribution in [0, 0.1) is 0 Å². The first-order valence-corrected chi connectivity index (χ1v) is 5.08. The van der Waals surface area contributed by atoms with Gasteiger partial charge in [0.15, 0.2) is 15.6 Å². The van der Waals surface area contributed by atoms with Gasteiger partial charge in [0.2, 0.25) is 0 Å². The van der Waals surface area contributed by atoms with Gasteiger partial charge in [-0.25, -0.2) is 0 Å². The number of thiocarbonyl (C=S) groups is 1. The SMILES string of the molecule is [O-][S+](Cl)C1=CC=CCC1=S. The molecule has 0 heterocycles. The van der Waals surface area contributed by atoms with Gasteiger partial charge in [0.25, 0.3) is 0 Å². The van der Waals surface area contributed by atoms with Crippen LogP contribution in [0.3, 0.4) is 0 Å². The van der Waals surface area contributed by atoms with Gasteiger partial charge in [-0.3, -0.25) is 0 Å². The molecule has 1 rings (SSSR count). The predicted molar refractivity (Wildman–Crippen MR) is 48.4 cm³/mol. The minimum absolute atomic E-state index is 0.569. The lowest BCUT2D eigenvalue weighted by atomic mass is 10.2. The predicted octanol–water partition coefficient (Wildman–Crippen LogP) is 2.10. The highest BCUT2D eigenvalue weighted by Crippen LogP contribution is 2.19. The summed E-state index contributed by atoms with van der Waals surface area (Å²) >= 11 is 4.91. The van der Waals surface area contributed by atoms with Crippen LogP contribution in [0.4, 0.5) is 0 Å². The van der Waals surface area contributed by atoms with Crippen molar-refractivity contribution in [2.24, 2.45) is 0 Å². The Morgan fingerprint density at radius 1 is 1.70 bits per heavy atom. The van der Waals surface area contributed by atoms with Gasteiger partial charge in [-0.15, -0.1) is 0 Å². The van der Waals surface area contributed by atoms with Gasteiger partial charge >= 0.3 is 0 Å². The number of allylic oxidation sites excluding steroid dienone is 4. The van der Waals surface area contributed by atoms with Crippen LogP contribution >= 0.6 is 22.9 Å². The van der Waals surface area contributed by atoms with E-state index in [0.29, 0.717) is 16.2 Å². The Hall–Kier alpha value is 0.170. The van der Waals surface area contributed by atoms with Gasteiger partial charge in [0.1, 0.15) is 10.4 Å². The Labute approximate surface area is 72.4 Å². The number of halogens is 1. The summed E-state index contributed by atoms with van der Waals surface area (Å²) < 4.78 is 10.7. The molecule has 1 aliphatic carbocycles. The molecular formula is C6H5ClOS2. The highest BCUT2D eigenvalue weighted by Gasteiger charge is 2.18. The first kappa shape index (κ1) is 8.27. The van der Waals surface area contributed by atoms with E-state index in [1.54, 1.807) is 6.08 Å². The third kappa shape index (κ3) is 1.83. The van der Waals surface area contributed by atoms with Crippen LogP contribution in [0.15, 0.2) is 23.1 Å². The van der Waals surface area contributed by atoms with Crippen molar-refractivity contribution >= 4 is 38.2 Å². The summed E-state index contributed by atoms with van der Waals surface area (Å²) in [6.45, 7) is 0. The van der Waals surface area contributed by atoms with E-state index in [9.17, 15) is 4.55 Å². The van der Waals surface area contributed by atoms with E-state index < -0.39 is 10.4 Å². The Kier molecular flexibility index (Phi) is 2.92. The Morgan fingerprint density at radius 2 is 2.40 bits per heavy atom. The van der Waals surface area contributed by atoms with E-state index >= 15 is 0 Å². The standard InChI is InChI=1S/C6H5ClOS2/c7-10(8)6-4-2-1-3-5(6)9/h1-2,4H,3H2. The number of hydrogen-bond acceptors (Lipinski definition) is 2. The average molecular weight is 193 g/mol. The van der Waals surface area contributed by atoms with Crippen LogP contribution in [0.2, 0.25) is 0 Å². The molecule has 1 nitrogen and oxygen atoms in total. The molecule has 0 aliphatic heterocycles. The molecule has 0 bridgehead atoms. The van der Waals surface area contributed by atoms with Crippen molar-refractivity contribution in [1.29, 1.82) is 0 Å². The molecule has 0 amide bonds. The van der Waals surface area contributed by atoms with Crippen molar-refractivity contribution < 1.29 is 4.55 Å². The fourth-order valence-electron chi connectivity index (χ4n) is 0.667. The van der Waals surface area contributed by atoms with Crippen LogP contribution in [-0.2, 0) is 10.4 Å². The van der Waals surface area contributed by atoms with E-state index in [4.69, 9.17) is 22.9 Å². The van der Waals surface area contributed by atoms with E-state index in [0.717, 1.165) is 0 Å². The highest BCUT2D eigenvalue weighted by atomic mass is 35.7. The minimum atomic E-state index is -1.44. The van der Waals surface area contributed by atoms with Gasteiger partial charge < -0.3 is 4.55 Å². The molecule has 0 fully saturated rings. The van der Waals surface area contributed by atoms with Crippen molar-refractivity contribution in [3.05, 3.63) is 23.1 Å². The summed E-state index contributed by atoms with van der Waals surface area (Å²) in [4.78, 5) is 1.25. The molecular weight excluding hydrogens is 188 g/mol. The van der Waals surface area contributed by atoms with Crippen LogP contribution in [0.5, 0.6) is 0 Å². The molecule has 1 aliphatic rings. The third-order valence-electron chi connectivity index (χ3n) is 1.13. The molecule has 10 heavy (non-hydrogen) atoms. The van der Waals surface area contributed by atoms with Crippen molar-refractivity contribution in [3.63, 3.8) is 0 Å². The molecule has 0 saturated heterocycles. The van der Waals surface area contributed by atoms with Crippen LogP contribution in [-0.4, -0.2) is 9.42 Å². The Bertz CT molecular complexity index is 208. The maximum Gasteiger partial charge on any atom is 0.187 e. The molecule has 54 valence electrons. The molecule has 0 spiro atoms. The molecule has 0 aromatic rings. The lowest BCUT2D eigenvalue weighted by Gasteiger charge is -2.06. The lowest BCUT2D eigenvalue weighted by molar-refractivity contribution is 0.615. The Morgan fingerprint density at radius 3 is 2.80 bits per heavy atom. The molecule has 0 saturated carbocycles. The molecule has 0 aromatic heterocycles. The third-order valence-corrected chi connectivity index (χ3v) is 2.88. The summed E-state index contributed by atoms with van der Waals surface area (Å²) in [6, 6.07) is 0. The average Bonchev–Trinajstić information content (AvgIpc) is 1.88. The molecule has 1 unspecified atom stereocenters. The van der Waals surface area contributed by atoms with Gasteiger partial charge in [-0.2, -0.15) is 0 Å². The molecule has 1 atom stereocenters. The second-order valence-corrected chi connectivity index (χ2v) is 4.03. The van der Waals surface area contributed by atoms with E-state index in [-0.39, 0.29) is 0 Å². The first-order valence-electron chi connectivity index (χ1n) is 2.70. The second kappa shape index (κ2) is 3.53. The number of rotatable bonds is 1. The lowest BCUT2D eigenvalue weighted by Crippen LogP contribution is -2.07. The van der Waals surface area contributed by atoms with Crippen molar-refractivity contribution in [2.75, 3.05) is 0 Å². The van der Waals surface area contributed by atoms with Gasteiger partial charge in [0, 0.05) is 6.42 Å². The smallest absolute Gasteiger partial charge is 0.187 e. The normalized spacial score (nSPS) is 20.6. The van der Waals surface area contributed by atoms with Crippen molar-refractivity contribution in [3.8, 4) is 0 Å². The second-order valence-electron chi connectivity index (χ2n) is 1.81. The van der Waals surface area contributed by atoms with E-state index in [1.807, 2.05) is 12.2 Å².